The lowest BCUT2D eigenvalue weighted by Gasteiger charge is -2.13. The van der Waals surface area contributed by atoms with Crippen molar-refractivity contribution in [1.82, 2.24) is 15.2 Å². The molecule has 4 heteroatoms. The molecule has 0 aliphatic heterocycles. The first-order valence-corrected chi connectivity index (χ1v) is 7.16. The second-order valence-corrected chi connectivity index (χ2v) is 5.25. The molecular weight excluding hydrogens is 238 g/mol. The molecule has 108 valence electrons. The van der Waals surface area contributed by atoms with E-state index in [0.717, 1.165) is 36.5 Å². The standard InChI is InChI=1S/C15H27N3O/c1-6-7-16-8-9-17-15(19)14-10-12(4)18(11(2)3)13(14)5/h10-11,16H,6-9H2,1-5H3,(H,17,19). The van der Waals surface area contributed by atoms with Crippen molar-refractivity contribution in [1.29, 1.82) is 0 Å². The van der Waals surface area contributed by atoms with Crippen molar-refractivity contribution in [3.05, 3.63) is 23.0 Å². The van der Waals surface area contributed by atoms with Crippen LogP contribution in [0, 0.1) is 13.8 Å². The Kier molecular flexibility index (Phi) is 6.09. The maximum absolute atomic E-state index is 12.1. The van der Waals surface area contributed by atoms with Gasteiger partial charge in [0.2, 0.25) is 0 Å². The van der Waals surface area contributed by atoms with Crippen molar-refractivity contribution in [2.45, 2.75) is 47.1 Å². The first kappa shape index (κ1) is 15.8. The van der Waals surface area contributed by atoms with Crippen molar-refractivity contribution >= 4 is 5.91 Å². The van der Waals surface area contributed by atoms with Gasteiger partial charge in [0.15, 0.2) is 0 Å². The molecule has 1 aromatic rings. The van der Waals surface area contributed by atoms with Gasteiger partial charge in [-0.2, -0.15) is 0 Å². The smallest absolute Gasteiger partial charge is 0.253 e. The highest BCUT2D eigenvalue weighted by Crippen LogP contribution is 2.19. The summed E-state index contributed by atoms with van der Waals surface area (Å²) >= 11 is 0. The molecule has 4 nitrogen and oxygen atoms in total. The summed E-state index contributed by atoms with van der Waals surface area (Å²) in [6, 6.07) is 2.36. The normalized spacial score (nSPS) is 11.1. The Hall–Kier alpha value is -1.29. The highest BCUT2D eigenvalue weighted by atomic mass is 16.1. The molecule has 0 fully saturated rings. The van der Waals surface area contributed by atoms with E-state index in [0.29, 0.717) is 12.6 Å². The lowest BCUT2D eigenvalue weighted by atomic mass is 10.2. The van der Waals surface area contributed by atoms with Gasteiger partial charge in [-0.3, -0.25) is 4.79 Å². The van der Waals surface area contributed by atoms with Crippen LogP contribution in [-0.4, -0.2) is 30.1 Å². The van der Waals surface area contributed by atoms with E-state index in [9.17, 15) is 4.79 Å². The number of hydrogen-bond acceptors (Lipinski definition) is 2. The van der Waals surface area contributed by atoms with Gasteiger partial charge in [-0.05, 0) is 46.7 Å². The van der Waals surface area contributed by atoms with Gasteiger partial charge in [0.1, 0.15) is 0 Å². The lowest BCUT2D eigenvalue weighted by Crippen LogP contribution is -2.32. The fourth-order valence-electron chi connectivity index (χ4n) is 2.46. The van der Waals surface area contributed by atoms with Crippen LogP contribution < -0.4 is 10.6 Å². The fraction of sp³-hybridized carbons (Fsp3) is 0.667. The molecule has 1 aromatic heterocycles. The molecule has 0 radical (unpaired) electrons. The van der Waals surface area contributed by atoms with E-state index in [4.69, 9.17) is 0 Å². The predicted octanol–water partition coefficient (Wildman–Crippen LogP) is 2.42. The molecule has 0 spiro atoms. The summed E-state index contributed by atoms with van der Waals surface area (Å²) in [6.45, 7) is 13.0. The van der Waals surface area contributed by atoms with E-state index in [2.05, 4.69) is 36.0 Å². The first-order chi connectivity index (χ1) is 8.99. The van der Waals surface area contributed by atoms with Crippen molar-refractivity contribution in [3.8, 4) is 0 Å². The zero-order valence-corrected chi connectivity index (χ0v) is 12.8. The Morgan fingerprint density at radius 2 is 1.95 bits per heavy atom. The summed E-state index contributed by atoms with van der Waals surface area (Å²) < 4.78 is 2.20. The Morgan fingerprint density at radius 3 is 2.47 bits per heavy atom. The minimum atomic E-state index is 0.0262. The summed E-state index contributed by atoms with van der Waals surface area (Å²) in [5.74, 6) is 0.0262. The van der Waals surface area contributed by atoms with Gasteiger partial charge >= 0.3 is 0 Å². The first-order valence-electron chi connectivity index (χ1n) is 7.16. The molecule has 19 heavy (non-hydrogen) atoms. The molecule has 1 heterocycles. The third-order valence-electron chi connectivity index (χ3n) is 3.26. The average Bonchev–Trinajstić information content (AvgIpc) is 2.64. The van der Waals surface area contributed by atoms with Crippen LogP contribution in [0.5, 0.6) is 0 Å². The number of nitrogens with one attached hydrogen (secondary N) is 2. The molecule has 0 aliphatic carbocycles. The summed E-state index contributed by atoms with van der Waals surface area (Å²) in [5, 5.41) is 6.23. The molecule has 0 atom stereocenters. The summed E-state index contributed by atoms with van der Waals surface area (Å²) in [6.07, 6.45) is 1.11. The Labute approximate surface area is 116 Å². The molecule has 0 unspecified atom stereocenters. The largest absolute Gasteiger partial charge is 0.351 e. The lowest BCUT2D eigenvalue weighted by molar-refractivity contribution is 0.0953. The molecule has 0 aliphatic rings. The second-order valence-electron chi connectivity index (χ2n) is 5.25. The zero-order chi connectivity index (χ0) is 14.4. The molecule has 2 N–H and O–H groups in total. The van der Waals surface area contributed by atoms with E-state index in [1.165, 1.54) is 0 Å². The summed E-state index contributed by atoms with van der Waals surface area (Å²) in [5.41, 5.74) is 2.98. The number of hydrogen-bond donors (Lipinski definition) is 2. The molecule has 0 saturated heterocycles. The molecule has 1 rings (SSSR count). The van der Waals surface area contributed by atoms with Crippen LogP contribution >= 0.6 is 0 Å². The van der Waals surface area contributed by atoms with Gasteiger partial charge in [-0.1, -0.05) is 6.92 Å². The summed E-state index contributed by atoms with van der Waals surface area (Å²) in [4.78, 5) is 12.1. The average molecular weight is 265 g/mol. The van der Waals surface area contributed by atoms with Gasteiger partial charge in [0, 0.05) is 30.5 Å². The van der Waals surface area contributed by atoms with E-state index in [1.54, 1.807) is 0 Å². The number of aromatic nitrogens is 1. The number of amides is 1. The fourth-order valence-corrected chi connectivity index (χ4v) is 2.46. The SMILES string of the molecule is CCCNCCNC(=O)c1cc(C)n(C(C)C)c1C. The number of rotatable bonds is 7. The van der Waals surface area contributed by atoms with Crippen LogP contribution in [0.25, 0.3) is 0 Å². The third kappa shape index (κ3) is 4.10. The molecule has 0 bridgehead atoms. The maximum Gasteiger partial charge on any atom is 0.253 e. The molecule has 0 aromatic carbocycles. The highest BCUT2D eigenvalue weighted by molar-refractivity contribution is 5.95. The number of nitrogens with zero attached hydrogens (tertiary/aromatic N) is 1. The summed E-state index contributed by atoms with van der Waals surface area (Å²) in [7, 11) is 0. The highest BCUT2D eigenvalue weighted by Gasteiger charge is 2.16. The van der Waals surface area contributed by atoms with Crippen LogP contribution in [-0.2, 0) is 0 Å². The van der Waals surface area contributed by atoms with E-state index in [-0.39, 0.29) is 5.91 Å². The van der Waals surface area contributed by atoms with Crippen LogP contribution in [0.1, 0.15) is 55.0 Å². The Bertz CT molecular complexity index is 421. The Morgan fingerprint density at radius 1 is 1.26 bits per heavy atom. The van der Waals surface area contributed by atoms with Crippen molar-refractivity contribution in [2.24, 2.45) is 0 Å². The number of carbonyl (C=O) groups excluding carboxylic acids is 1. The molecule has 0 saturated carbocycles. The molecule has 1 amide bonds. The van der Waals surface area contributed by atoms with Crippen LogP contribution in [0.4, 0.5) is 0 Å². The number of carbonyl (C=O) groups is 1. The van der Waals surface area contributed by atoms with Crippen molar-refractivity contribution in [3.63, 3.8) is 0 Å². The van der Waals surface area contributed by atoms with Crippen LogP contribution in [0.15, 0.2) is 6.07 Å². The Balaban J connectivity index is 2.60. The minimum absolute atomic E-state index is 0.0262. The number of aryl methyl sites for hydroxylation is 1. The van der Waals surface area contributed by atoms with E-state index in [1.807, 2.05) is 19.9 Å². The molecular formula is C15H27N3O. The predicted molar refractivity (Wildman–Crippen MR) is 79.8 cm³/mol. The van der Waals surface area contributed by atoms with Crippen molar-refractivity contribution < 1.29 is 4.79 Å². The van der Waals surface area contributed by atoms with E-state index < -0.39 is 0 Å². The van der Waals surface area contributed by atoms with Gasteiger partial charge in [-0.15, -0.1) is 0 Å². The third-order valence-corrected chi connectivity index (χ3v) is 3.26. The second kappa shape index (κ2) is 7.34. The van der Waals surface area contributed by atoms with Gasteiger partial charge in [0.05, 0.1) is 5.56 Å². The van der Waals surface area contributed by atoms with Gasteiger partial charge in [-0.25, -0.2) is 0 Å². The quantitative estimate of drug-likeness (QED) is 0.744. The topological polar surface area (TPSA) is 46.1 Å². The van der Waals surface area contributed by atoms with Crippen LogP contribution in [0.3, 0.4) is 0 Å². The van der Waals surface area contributed by atoms with Gasteiger partial charge < -0.3 is 15.2 Å². The van der Waals surface area contributed by atoms with E-state index >= 15 is 0 Å². The van der Waals surface area contributed by atoms with Crippen molar-refractivity contribution in [2.75, 3.05) is 19.6 Å². The monoisotopic (exact) mass is 265 g/mol. The minimum Gasteiger partial charge on any atom is -0.351 e. The van der Waals surface area contributed by atoms with Crippen LogP contribution in [0.2, 0.25) is 0 Å². The maximum atomic E-state index is 12.1. The van der Waals surface area contributed by atoms with Gasteiger partial charge in [0.25, 0.3) is 5.91 Å². The zero-order valence-electron chi connectivity index (χ0n) is 12.8.